The minimum absolute atomic E-state index is 0.0612. The molecule has 58 heavy (non-hydrogen) atoms. The van der Waals surface area contributed by atoms with Crippen LogP contribution < -0.4 is 0 Å². The van der Waals surface area contributed by atoms with Crippen molar-refractivity contribution in [2.75, 3.05) is 52.9 Å². The average Bonchev–Trinajstić information content (AvgIpc) is 3.20. The molecule has 0 N–H and O–H groups in total. The predicted octanol–water partition coefficient (Wildman–Crippen LogP) is 11.9. The lowest BCUT2D eigenvalue weighted by Gasteiger charge is -2.23. The van der Waals surface area contributed by atoms with Gasteiger partial charge in [-0.25, -0.2) is 0 Å². The Balaban J connectivity index is 0.953. The summed E-state index contributed by atoms with van der Waals surface area (Å²) in [5.74, 6) is 0. The van der Waals surface area contributed by atoms with E-state index in [-0.39, 0.29) is 10.8 Å². The number of ether oxygens (including phenoxy) is 6. The fourth-order valence-electron chi connectivity index (χ4n) is 8.88. The summed E-state index contributed by atoms with van der Waals surface area (Å²) in [5, 5.41) is 15.1. The molecule has 1 aliphatic heterocycles. The van der Waals surface area contributed by atoms with Crippen molar-refractivity contribution < 1.29 is 28.4 Å². The fraction of sp³-hybridized carbons (Fsp3) is 0.385. The van der Waals surface area contributed by atoms with E-state index in [9.17, 15) is 0 Å². The number of hydrogen-bond acceptors (Lipinski definition) is 6. The van der Waals surface area contributed by atoms with Crippen LogP contribution in [0.4, 0.5) is 0 Å². The largest absolute Gasteiger partial charge is 0.377 e. The minimum Gasteiger partial charge on any atom is -0.377 e. The molecule has 300 valence electrons. The van der Waals surface area contributed by atoms with Gasteiger partial charge in [-0.15, -0.1) is 0 Å². The maximum atomic E-state index is 6.29. The Labute approximate surface area is 342 Å². The van der Waals surface area contributed by atoms with Gasteiger partial charge in [-0.3, -0.25) is 0 Å². The first-order valence-electron chi connectivity index (χ1n) is 21.0. The van der Waals surface area contributed by atoms with Crippen LogP contribution in [0.15, 0.2) is 84.9 Å². The van der Waals surface area contributed by atoms with Gasteiger partial charge < -0.3 is 28.4 Å². The van der Waals surface area contributed by atoms with Crippen LogP contribution in [0, 0.1) is 0 Å². The number of rotatable bonds is 0. The van der Waals surface area contributed by atoms with Crippen LogP contribution in [0.5, 0.6) is 0 Å². The van der Waals surface area contributed by atoms with Gasteiger partial charge in [0.15, 0.2) is 0 Å². The molecule has 0 radical (unpaired) electrons. The van der Waals surface area contributed by atoms with Gasteiger partial charge in [-0.1, -0.05) is 114 Å². The Bertz CT molecular complexity index is 2370. The van der Waals surface area contributed by atoms with Crippen molar-refractivity contribution in [3.63, 3.8) is 0 Å². The van der Waals surface area contributed by atoms with Crippen LogP contribution in [0.3, 0.4) is 0 Å². The molecule has 4 bridgehead atoms. The number of benzene rings is 8. The van der Waals surface area contributed by atoms with Gasteiger partial charge in [-0.05, 0) is 121 Å². The molecule has 9 rings (SSSR count). The second-order valence-electron chi connectivity index (χ2n) is 18.1. The second-order valence-corrected chi connectivity index (χ2v) is 18.1. The Morgan fingerprint density at radius 1 is 0.310 bits per heavy atom. The molecular weight excluding hydrogens is 721 g/mol. The van der Waals surface area contributed by atoms with Crippen molar-refractivity contribution in [2.24, 2.45) is 0 Å². The zero-order valence-electron chi connectivity index (χ0n) is 35.0. The molecule has 0 spiro atoms. The topological polar surface area (TPSA) is 55.4 Å². The van der Waals surface area contributed by atoms with Crippen molar-refractivity contribution in [3.05, 3.63) is 118 Å². The summed E-state index contributed by atoms with van der Waals surface area (Å²) in [5.41, 5.74) is 7.45. The molecule has 0 unspecified atom stereocenters. The van der Waals surface area contributed by atoms with Gasteiger partial charge in [0, 0.05) is 0 Å². The third-order valence-corrected chi connectivity index (χ3v) is 12.0. The van der Waals surface area contributed by atoms with E-state index < -0.39 is 0 Å². The molecule has 8 aromatic rings. The molecule has 1 aliphatic rings. The normalized spacial score (nSPS) is 16.9. The molecule has 6 nitrogen and oxygen atoms in total. The Hall–Kier alpha value is -4.40. The highest BCUT2D eigenvalue weighted by Gasteiger charge is 2.21. The SMILES string of the molecule is CC(C)(C)c1cc2ccc3c4cc(c5ccc(c1)c2c35)COCCOCCOCc1cc(c2ccc3cc(C(C)(C)C)cc5ccc1c2c35)COCCOCCOC4. The monoisotopic (exact) mass is 776 g/mol. The van der Waals surface area contributed by atoms with E-state index in [1.54, 1.807) is 0 Å². The molecule has 0 saturated heterocycles. The third kappa shape index (κ3) is 7.63. The first-order chi connectivity index (χ1) is 28.0. The predicted molar refractivity (Wildman–Crippen MR) is 238 cm³/mol. The molecule has 0 aliphatic carbocycles. The van der Waals surface area contributed by atoms with Gasteiger partial charge in [0.1, 0.15) is 0 Å². The summed E-state index contributed by atoms with van der Waals surface area (Å²) < 4.78 is 37.2. The highest BCUT2D eigenvalue weighted by atomic mass is 16.5. The third-order valence-electron chi connectivity index (χ3n) is 12.0. The van der Waals surface area contributed by atoms with E-state index >= 15 is 0 Å². The maximum absolute atomic E-state index is 6.29. The van der Waals surface area contributed by atoms with Gasteiger partial charge in [0.2, 0.25) is 0 Å². The fourth-order valence-corrected chi connectivity index (χ4v) is 8.88. The standard InChI is InChI=1S/C52H56O6/c1-51(2,3)41-25-33-7-11-43-37-23-38(44-12-8-34(26-41)47(33)49(43)44)30-56-20-16-54-18-22-58-32-40-24-39(31-57-21-17-53-15-19-55-29-37)45-13-9-35-27-42(52(4,5)6)28-36-10-14-46(40)50(45)48(35)36/h7-14,23-28H,15-22,29-32H2,1-6H3. The zero-order valence-corrected chi connectivity index (χ0v) is 35.0. The van der Waals surface area contributed by atoms with Crippen molar-refractivity contribution in [2.45, 2.75) is 78.8 Å². The Morgan fingerprint density at radius 3 is 0.828 bits per heavy atom. The highest BCUT2D eigenvalue weighted by molar-refractivity contribution is 6.25. The van der Waals surface area contributed by atoms with Gasteiger partial charge in [0.05, 0.1) is 79.3 Å². The van der Waals surface area contributed by atoms with E-state index in [1.165, 1.54) is 75.8 Å². The molecule has 0 atom stereocenters. The number of fused-ring (bicyclic) bond motifs is 8. The summed E-state index contributed by atoms with van der Waals surface area (Å²) in [6.07, 6.45) is 0. The van der Waals surface area contributed by atoms with Crippen LogP contribution >= 0.6 is 0 Å². The lowest BCUT2D eigenvalue weighted by Crippen LogP contribution is -2.12. The van der Waals surface area contributed by atoms with E-state index in [0.717, 1.165) is 22.3 Å². The van der Waals surface area contributed by atoms with Crippen molar-refractivity contribution in [1.29, 1.82) is 0 Å². The Morgan fingerprint density at radius 2 is 0.569 bits per heavy atom. The summed E-state index contributed by atoms with van der Waals surface area (Å²) in [6.45, 7) is 19.6. The summed E-state index contributed by atoms with van der Waals surface area (Å²) in [4.78, 5) is 0. The van der Waals surface area contributed by atoms with E-state index in [2.05, 4.69) is 126 Å². The summed E-state index contributed by atoms with van der Waals surface area (Å²) in [7, 11) is 0. The molecule has 0 saturated carbocycles. The summed E-state index contributed by atoms with van der Waals surface area (Å²) in [6, 6.07) is 32.1. The quantitative estimate of drug-likeness (QED) is 0.143. The zero-order chi connectivity index (χ0) is 40.0. The van der Waals surface area contributed by atoms with Crippen LogP contribution in [-0.2, 0) is 65.7 Å². The highest BCUT2D eigenvalue weighted by Crippen LogP contribution is 2.42. The van der Waals surface area contributed by atoms with Gasteiger partial charge in [-0.2, -0.15) is 0 Å². The van der Waals surface area contributed by atoms with Gasteiger partial charge >= 0.3 is 0 Å². The second kappa shape index (κ2) is 16.0. The van der Waals surface area contributed by atoms with Crippen LogP contribution in [-0.4, -0.2) is 52.9 Å². The molecular formula is C52H56O6. The molecule has 8 aromatic carbocycles. The number of hydrogen-bond donors (Lipinski definition) is 0. The molecule has 6 heteroatoms. The van der Waals surface area contributed by atoms with E-state index in [1.807, 2.05) is 0 Å². The van der Waals surface area contributed by atoms with Crippen LogP contribution in [0.1, 0.15) is 74.9 Å². The lowest BCUT2D eigenvalue weighted by atomic mass is 9.82. The Kier molecular flexibility index (Phi) is 10.8. The molecule has 0 amide bonds. The average molecular weight is 777 g/mol. The van der Waals surface area contributed by atoms with Crippen molar-refractivity contribution in [3.8, 4) is 0 Å². The maximum Gasteiger partial charge on any atom is 0.0724 e. The first kappa shape index (κ1) is 39.1. The van der Waals surface area contributed by atoms with E-state index in [4.69, 9.17) is 28.4 Å². The smallest absolute Gasteiger partial charge is 0.0724 e. The van der Waals surface area contributed by atoms with Gasteiger partial charge in [0.25, 0.3) is 0 Å². The van der Waals surface area contributed by atoms with Crippen LogP contribution in [0.25, 0.3) is 64.6 Å². The summed E-state index contributed by atoms with van der Waals surface area (Å²) >= 11 is 0. The van der Waals surface area contributed by atoms with E-state index in [0.29, 0.717) is 79.3 Å². The molecule has 1 heterocycles. The van der Waals surface area contributed by atoms with Crippen LogP contribution in [0.2, 0.25) is 0 Å². The van der Waals surface area contributed by atoms with Crippen molar-refractivity contribution in [1.82, 2.24) is 0 Å². The minimum atomic E-state index is 0.0612. The molecule has 0 fully saturated rings. The molecule has 0 aromatic heterocycles. The van der Waals surface area contributed by atoms with Crippen molar-refractivity contribution >= 4 is 64.6 Å². The lowest BCUT2D eigenvalue weighted by molar-refractivity contribution is 0.00584. The first-order valence-corrected chi connectivity index (χ1v) is 21.0.